The van der Waals surface area contributed by atoms with E-state index < -0.39 is 0 Å². The van der Waals surface area contributed by atoms with E-state index in [0.717, 1.165) is 6.54 Å². The molecule has 0 aliphatic heterocycles. The van der Waals surface area contributed by atoms with Crippen LogP contribution in [0.2, 0.25) is 0 Å². The molecule has 0 amide bonds. The number of unbranched alkanes of at least 4 members (excludes halogenated alkanes) is 1. The van der Waals surface area contributed by atoms with E-state index in [9.17, 15) is 5.11 Å². The van der Waals surface area contributed by atoms with E-state index in [-0.39, 0.29) is 12.2 Å². The average Bonchev–Trinajstić information content (AvgIpc) is 2.20. The molecule has 0 aliphatic rings. The van der Waals surface area contributed by atoms with Gasteiger partial charge in [0.05, 0.1) is 18.8 Å². The first-order valence-electron chi connectivity index (χ1n) is 5.66. The van der Waals surface area contributed by atoms with Crippen molar-refractivity contribution in [3.8, 4) is 0 Å². The molecule has 0 aromatic rings. The van der Waals surface area contributed by atoms with Gasteiger partial charge in [0, 0.05) is 6.54 Å². The second-order valence-electron chi connectivity index (χ2n) is 3.94. The van der Waals surface area contributed by atoms with Gasteiger partial charge in [-0.15, -0.1) is 0 Å². The van der Waals surface area contributed by atoms with Crippen molar-refractivity contribution in [3.05, 3.63) is 0 Å². The molecule has 0 aromatic carbocycles. The molecule has 1 atom stereocenters. The van der Waals surface area contributed by atoms with Crippen LogP contribution < -0.4 is 5.32 Å². The molecule has 0 radical (unpaired) electrons. The molecular weight excluding hydrogens is 210 g/mol. The number of nitrogens with one attached hydrogen (secondary N) is 1. The van der Waals surface area contributed by atoms with Crippen LogP contribution >= 0.6 is 11.8 Å². The van der Waals surface area contributed by atoms with E-state index in [2.05, 4.69) is 11.6 Å². The van der Waals surface area contributed by atoms with E-state index in [1.807, 2.05) is 25.6 Å². The number of aliphatic hydroxyl groups excluding tert-OH is 1. The number of aliphatic hydroxyl groups is 1. The van der Waals surface area contributed by atoms with Crippen molar-refractivity contribution in [3.63, 3.8) is 0 Å². The van der Waals surface area contributed by atoms with Crippen LogP contribution in [0.15, 0.2) is 0 Å². The third-order valence-corrected chi connectivity index (χ3v) is 2.65. The second kappa shape index (κ2) is 10.7. The molecule has 92 valence electrons. The topological polar surface area (TPSA) is 41.5 Å². The highest BCUT2D eigenvalue weighted by Gasteiger charge is 2.04. The Labute approximate surface area is 98.0 Å². The molecule has 0 aromatic heterocycles. The average molecular weight is 235 g/mol. The molecule has 3 nitrogen and oxygen atoms in total. The Balaban J connectivity index is 3.13. The number of ether oxygens (including phenoxy) is 1. The van der Waals surface area contributed by atoms with Gasteiger partial charge in [-0.25, -0.2) is 0 Å². The maximum absolute atomic E-state index is 9.51. The molecular formula is C11H25NO2S. The first-order chi connectivity index (χ1) is 7.16. The molecule has 1 unspecified atom stereocenters. The lowest BCUT2D eigenvalue weighted by atomic mass is 10.3. The van der Waals surface area contributed by atoms with Gasteiger partial charge in [-0.3, -0.25) is 0 Å². The van der Waals surface area contributed by atoms with Crippen LogP contribution in [-0.2, 0) is 4.74 Å². The maximum atomic E-state index is 9.51. The van der Waals surface area contributed by atoms with Crippen molar-refractivity contribution in [2.45, 2.75) is 38.9 Å². The fourth-order valence-corrected chi connectivity index (χ4v) is 1.62. The zero-order valence-corrected chi connectivity index (χ0v) is 11.0. The predicted molar refractivity (Wildman–Crippen MR) is 67.6 cm³/mol. The van der Waals surface area contributed by atoms with Gasteiger partial charge >= 0.3 is 0 Å². The van der Waals surface area contributed by atoms with Crippen LogP contribution in [0.25, 0.3) is 0 Å². The molecule has 4 heteroatoms. The van der Waals surface area contributed by atoms with Crippen molar-refractivity contribution >= 4 is 11.8 Å². The van der Waals surface area contributed by atoms with Crippen molar-refractivity contribution in [2.75, 3.05) is 31.7 Å². The lowest BCUT2D eigenvalue weighted by Crippen LogP contribution is -2.31. The van der Waals surface area contributed by atoms with Gasteiger partial charge in [0.1, 0.15) is 0 Å². The Bertz CT molecular complexity index is 134. The van der Waals surface area contributed by atoms with Crippen molar-refractivity contribution < 1.29 is 9.84 Å². The lowest BCUT2D eigenvalue weighted by Gasteiger charge is -2.14. The SMILES string of the molecule is CSCCCCNCC(O)COC(C)C. The van der Waals surface area contributed by atoms with Crippen molar-refractivity contribution in [1.82, 2.24) is 5.32 Å². The summed E-state index contributed by atoms with van der Waals surface area (Å²) >= 11 is 1.88. The highest BCUT2D eigenvalue weighted by molar-refractivity contribution is 7.98. The summed E-state index contributed by atoms with van der Waals surface area (Å²) in [5.41, 5.74) is 0. The Morgan fingerprint density at radius 2 is 2.07 bits per heavy atom. The van der Waals surface area contributed by atoms with Crippen LogP contribution in [0.1, 0.15) is 26.7 Å². The minimum absolute atomic E-state index is 0.196. The quantitative estimate of drug-likeness (QED) is 0.563. The van der Waals surface area contributed by atoms with Crippen molar-refractivity contribution in [2.24, 2.45) is 0 Å². The Hall–Kier alpha value is 0.230. The Morgan fingerprint density at radius 1 is 1.33 bits per heavy atom. The lowest BCUT2D eigenvalue weighted by molar-refractivity contribution is 0.00647. The van der Waals surface area contributed by atoms with E-state index in [0.29, 0.717) is 13.2 Å². The van der Waals surface area contributed by atoms with Crippen LogP contribution in [0, 0.1) is 0 Å². The van der Waals surface area contributed by atoms with Gasteiger partial charge in [-0.2, -0.15) is 11.8 Å². The third kappa shape index (κ3) is 12.2. The fraction of sp³-hybridized carbons (Fsp3) is 1.00. The van der Waals surface area contributed by atoms with E-state index in [1.165, 1.54) is 18.6 Å². The summed E-state index contributed by atoms with van der Waals surface area (Å²) in [7, 11) is 0. The van der Waals surface area contributed by atoms with Gasteiger partial charge in [-0.1, -0.05) is 0 Å². The number of rotatable bonds is 10. The number of hydrogen-bond acceptors (Lipinski definition) is 4. The van der Waals surface area contributed by atoms with E-state index >= 15 is 0 Å². The minimum atomic E-state index is -0.382. The molecule has 0 bridgehead atoms. The van der Waals surface area contributed by atoms with Gasteiger partial charge < -0.3 is 15.2 Å². The second-order valence-corrected chi connectivity index (χ2v) is 4.93. The predicted octanol–water partition coefficient (Wildman–Crippen LogP) is 1.51. The van der Waals surface area contributed by atoms with Crippen LogP contribution in [-0.4, -0.2) is 49.0 Å². The summed E-state index contributed by atoms with van der Waals surface area (Å²) in [6.07, 6.45) is 4.36. The van der Waals surface area contributed by atoms with Crippen molar-refractivity contribution in [1.29, 1.82) is 0 Å². The summed E-state index contributed by atoms with van der Waals surface area (Å²) in [5, 5.41) is 12.7. The molecule has 0 spiro atoms. The standard InChI is InChI=1S/C11H25NO2S/c1-10(2)14-9-11(13)8-12-6-4-5-7-15-3/h10-13H,4-9H2,1-3H3. The monoisotopic (exact) mass is 235 g/mol. The third-order valence-electron chi connectivity index (χ3n) is 1.95. The highest BCUT2D eigenvalue weighted by atomic mass is 32.2. The fourth-order valence-electron chi connectivity index (χ4n) is 1.13. The molecule has 15 heavy (non-hydrogen) atoms. The van der Waals surface area contributed by atoms with E-state index in [4.69, 9.17) is 4.74 Å². The molecule has 0 rings (SSSR count). The summed E-state index contributed by atoms with van der Waals surface area (Å²) < 4.78 is 5.31. The minimum Gasteiger partial charge on any atom is -0.389 e. The van der Waals surface area contributed by atoms with Crippen LogP contribution in [0.4, 0.5) is 0 Å². The zero-order valence-electron chi connectivity index (χ0n) is 10.2. The number of thioether (sulfide) groups is 1. The summed E-state index contributed by atoms with van der Waals surface area (Å²) in [6.45, 7) is 5.99. The van der Waals surface area contributed by atoms with Gasteiger partial charge in [0.25, 0.3) is 0 Å². The first kappa shape index (κ1) is 15.2. The van der Waals surface area contributed by atoms with Crippen LogP contribution in [0.5, 0.6) is 0 Å². The summed E-state index contributed by atoms with van der Waals surface area (Å²) in [6, 6.07) is 0. The van der Waals surface area contributed by atoms with E-state index in [1.54, 1.807) is 0 Å². The van der Waals surface area contributed by atoms with Gasteiger partial charge in [-0.05, 0) is 45.2 Å². The smallest absolute Gasteiger partial charge is 0.0897 e. The molecule has 0 heterocycles. The number of hydrogen-bond donors (Lipinski definition) is 2. The molecule has 0 aliphatic carbocycles. The van der Waals surface area contributed by atoms with Gasteiger partial charge in [0.2, 0.25) is 0 Å². The maximum Gasteiger partial charge on any atom is 0.0897 e. The first-order valence-corrected chi connectivity index (χ1v) is 7.05. The van der Waals surface area contributed by atoms with Gasteiger partial charge in [0.15, 0.2) is 0 Å². The molecule has 2 N–H and O–H groups in total. The Morgan fingerprint density at radius 3 is 2.67 bits per heavy atom. The normalized spacial score (nSPS) is 13.4. The highest BCUT2D eigenvalue weighted by Crippen LogP contribution is 1.98. The molecule has 0 saturated carbocycles. The Kier molecular flexibility index (Phi) is 10.9. The van der Waals surface area contributed by atoms with Crippen LogP contribution in [0.3, 0.4) is 0 Å². The largest absolute Gasteiger partial charge is 0.389 e. The molecule has 0 fully saturated rings. The summed E-state index contributed by atoms with van der Waals surface area (Å²) in [5.74, 6) is 1.22. The summed E-state index contributed by atoms with van der Waals surface area (Å²) in [4.78, 5) is 0. The molecule has 0 saturated heterocycles. The zero-order chi connectivity index (χ0) is 11.5.